The van der Waals surface area contributed by atoms with Gasteiger partial charge in [0.1, 0.15) is 5.75 Å². The molecule has 1 aliphatic heterocycles. The summed E-state index contributed by atoms with van der Waals surface area (Å²) >= 11 is 0. The van der Waals surface area contributed by atoms with Gasteiger partial charge in [0.2, 0.25) is 5.91 Å². The monoisotopic (exact) mass is 346 g/mol. The van der Waals surface area contributed by atoms with Crippen LogP contribution in [0, 0.1) is 12.8 Å². The molecule has 25 heavy (non-hydrogen) atoms. The Balaban J connectivity index is 1.71. The standard InChI is InChI=1S/C19H30N4O2/c1-15-7-3-4-9-17(15)25-12-6-10-22-19(21-2)23-11-5-8-16(14-23)13-18(20)24/h3-4,7,9,16H,5-6,8,10-14H2,1-2H3,(H2,20,24)(H,21,22). The van der Waals surface area contributed by atoms with E-state index in [0.717, 1.165) is 56.2 Å². The van der Waals surface area contributed by atoms with E-state index in [-0.39, 0.29) is 5.91 Å². The molecule has 1 heterocycles. The Bertz CT molecular complexity index is 589. The highest BCUT2D eigenvalue weighted by Gasteiger charge is 2.23. The number of primary amides is 1. The summed E-state index contributed by atoms with van der Waals surface area (Å²) in [5.41, 5.74) is 6.49. The van der Waals surface area contributed by atoms with E-state index >= 15 is 0 Å². The number of ether oxygens (including phenoxy) is 1. The maximum absolute atomic E-state index is 11.1. The number of hydrogen-bond donors (Lipinski definition) is 2. The number of benzene rings is 1. The number of likely N-dealkylation sites (tertiary alicyclic amines) is 1. The van der Waals surface area contributed by atoms with Crippen molar-refractivity contribution in [2.75, 3.05) is 33.3 Å². The predicted octanol–water partition coefficient (Wildman–Crippen LogP) is 1.93. The van der Waals surface area contributed by atoms with Crippen LogP contribution in [0.25, 0.3) is 0 Å². The van der Waals surface area contributed by atoms with Crippen LogP contribution in [0.5, 0.6) is 5.75 Å². The minimum atomic E-state index is -0.219. The first-order chi connectivity index (χ1) is 12.1. The maximum Gasteiger partial charge on any atom is 0.217 e. The van der Waals surface area contributed by atoms with E-state index in [1.807, 2.05) is 31.2 Å². The van der Waals surface area contributed by atoms with Crippen LogP contribution in [0.1, 0.15) is 31.2 Å². The average Bonchev–Trinajstić information content (AvgIpc) is 2.59. The second-order valence-electron chi connectivity index (χ2n) is 6.57. The van der Waals surface area contributed by atoms with Crippen molar-refractivity contribution in [2.24, 2.45) is 16.6 Å². The van der Waals surface area contributed by atoms with Gasteiger partial charge in [-0.2, -0.15) is 0 Å². The van der Waals surface area contributed by atoms with Crippen molar-refractivity contribution in [3.8, 4) is 5.75 Å². The predicted molar refractivity (Wildman–Crippen MR) is 101 cm³/mol. The molecule has 1 amide bonds. The Morgan fingerprint density at radius 1 is 1.44 bits per heavy atom. The molecule has 0 saturated carbocycles. The molecule has 1 aromatic carbocycles. The molecule has 6 heteroatoms. The Morgan fingerprint density at radius 3 is 2.96 bits per heavy atom. The molecule has 3 N–H and O–H groups in total. The molecular weight excluding hydrogens is 316 g/mol. The van der Waals surface area contributed by atoms with Crippen LogP contribution < -0.4 is 15.8 Å². The number of nitrogens with zero attached hydrogens (tertiary/aromatic N) is 2. The number of carbonyl (C=O) groups is 1. The second-order valence-corrected chi connectivity index (χ2v) is 6.57. The molecule has 138 valence electrons. The van der Waals surface area contributed by atoms with E-state index in [1.54, 1.807) is 7.05 Å². The summed E-state index contributed by atoms with van der Waals surface area (Å²) in [4.78, 5) is 17.7. The summed E-state index contributed by atoms with van der Waals surface area (Å²) in [6.07, 6.45) is 3.47. The molecule has 1 saturated heterocycles. The Morgan fingerprint density at radius 2 is 2.24 bits per heavy atom. The number of guanidine groups is 1. The van der Waals surface area contributed by atoms with Gasteiger partial charge in [0.25, 0.3) is 0 Å². The van der Waals surface area contributed by atoms with Crippen molar-refractivity contribution in [1.29, 1.82) is 0 Å². The Labute approximate surface area is 150 Å². The van der Waals surface area contributed by atoms with E-state index in [4.69, 9.17) is 10.5 Å². The molecule has 0 spiro atoms. The molecule has 0 aromatic heterocycles. The van der Waals surface area contributed by atoms with Crippen LogP contribution in [0.2, 0.25) is 0 Å². The van der Waals surface area contributed by atoms with Gasteiger partial charge in [-0.15, -0.1) is 0 Å². The fourth-order valence-corrected chi connectivity index (χ4v) is 3.21. The number of amides is 1. The van der Waals surface area contributed by atoms with Gasteiger partial charge in [0.15, 0.2) is 5.96 Å². The average molecular weight is 346 g/mol. The number of rotatable bonds is 7. The number of aliphatic imine (C=N–C) groups is 1. The molecule has 0 aliphatic carbocycles. The number of para-hydroxylation sites is 1. The molecule has 0 bridgehead atoms. The lowest BCUT2D eigenvalue weighted by Gasteiger charge is -2.34. The molecule has 0 radical (unpaired) electrons. The highest BCUT2D eigenvalue weighted by molar-refractivity contribution is 5.80. The van der Waals surface area contributed by atoms with Gasteiger partial charge < -0.3 is 20.7 Å². The smallest absolute Gasteiger partial charge is 0.217 e. The normalized spacial score (nSPS) is 18.1. The van der Waals surface area contributed by atoms with Gasteiger partial charge >= 0.3 is 0 Å². The van der Waals surface area contributed by atoms with E-state index in [1.165, 1.54) is 0 Å². The van der Waals surface area contributed by atoms with Crippen LogP contribution in [0.3, 0.4) is 0 Å². The molecule has 1 atom stereocenters. The number of nitrogens with two attached hydrogens (primary N) is 1. The van der Waals surface area contributed by atoms with Gasteiger partial charge in [-0.1, -0.05) is 18.2 Å². The van der Waals surface area contributed by atoms with E-state index in [2.05, 4.69) is 15.2 Å². The summed E-state index contributed by atoms with van der Waals surface area (Å²) < 4.78 is 5.81. The summed E-state index contributed by atoms with van der Waals surface area (Å²) in [6, 6.07) is 8.04. The summed E-state index contributed by atoms with van der Waals surface area (Å²) in [5, 5.41) is 3.39. The van der Waals surface area contributed by atoms with Gasteiger partial charge in [0.05, 0.1) is 6.61 Å². The Kier molecular flexibility index (Phi) is 7.57. The molecule has 2 rings (SSSR count). The van der Waals surface area contributed by atoms with E-state index in [9.17, 15) is 4.79 Å². The highest BCUT2D eigenvalue weighted by Crippen LogP contribution is 2.19. The zero-order valence-corrected chi connectivity index (χ0v) is 15.3. The fourth-order valence-electron chi connectivity index (χ4n) is 3.21. The number of piperidine rings is 1. The van der Waals surface area contributed by atoms with Crippen molar-refractivity contribution in [3.05, 3.63) is 29.8 Å². The second kappa shape index (κ2) is 9.91. The van der Waals surface area contributed by atoms with E-state index in [0.29, 0.717) is 18.9 Å². The van der Waals surface area contributed by atoms with Crippen molar-refractivity contribution >= 4 is 11.9 Å². The minimum absolute atomic E-state index is 0.219. The molecule has 6 nitrogen and oxygen atoms in total. The van der Waals surface area contributed by atoms with Gasteiger partial charge in [0, 0.05) is 33.1 Å². The third-order valence-electron chi connectivity index (χ3n) is 4.48. The van der Waals surface area contributed by atoms with E-state index < -0.39 is 0 Å². The zero-order valence-electron chi connectivity index (χ0n) is 15.3. The fraction of sp³-hybridized carbons (Fsp3) is 0.579. The topological polar surface area (TPSA) is 80.0 Å². The van der Waals surface area contributed by atoms with Crippen molar-refractivity contribution in [1.82, 2.24) is 10.2 Å². The molecule has 1 unspecified atom stereocenters. The first-order valence-electron chi connectivity index (χ1n) is 9.02. The zero-order chi connectivity index (χ0) is 18.1. The third-order valence-corrected chi connectivity index (χ3v) is 4.48. The lowest BCUT2D eigenvalue weighted by atomic mass is 9.95. The lowest BCUT2D eigenvalue weighted by Crippen LogP contribution is -2.47. The van der Waals surface area contributed by atoms with Crippen LogP contribution in [0.4, 0.5) is 0 Å². The molecular formula is C19H30N4O2. The van der Waals surface area contributed by atoms with Crippen molar-refractivity contribution in [2.45, 2.75) is 32.6 Å². The SMILES string of the molecule is CN=C(NCCCOc1ccccc1C)N1CCCC(CC(N)=O)C1. The van der Waals surface area contributed by atoms with Crippen molar-refractivity contribution < 1.29 is 9.53 Å². The van der Waals surface area contributed by atoms with Gasteiger partial charge in [-0.05, 0) is 43.7 Å². The maximum atomic E-state index is 11.1. The van der Waals surface area contributed by atoms with Gasteiger partial charge in [-0.25, -0.2) is 0 Å². The Hall–Kier alpha value is -2.24. The first kappa shape index (κ1) is 19.1. The molecule has 1 aliphatic rings. The largest absolute Gasteiger partial charge is 0.493 e. The van der Waals surface area contributed by atoms with Gasteiger partial charge in [-0.3, -0.25) is 9.79 Å². The third kappa shape index (κ3) is 6.29. The van der Waals surface area contributed by atoms with Crippen LogP contribution in [0.15, 0.2) is 29.3 Å². The first-order valence-corrected chi connectivity index (χ1v) is 9.02. The summed E-state index contributed by atoms with van der Waals surface area (Å²) in [6.45, 7) is 5.32. The number of carbonyl (C=O) groups excluding carboxylic acids is 1. The number of aryl methyl sites for hydroxylation is 1. The molecule has 1 fully saturated rings. The lowest BCUT2D eigenvalue weighted by molar-refractivity contribution is -0.119. The van der Waals surface area contributed by atoms with Crippen LogP contribution in [-0.2, 0) is 4.79 Å². The van der Waals surface area contributed by atoms with Crippen LogP contribution in [-0.4, -0.2) is 50.1 Å². The quantitative estimate of drug-likeness (QED) is 0.449. The minimum Gasteiger partial charge on any atom is -0.493 e. The highest BCUT2D eigenvalue weighted by atomic mass is 16.5. The molecule has 1 aromatic rings. The van der Waals surface area contributed by atoms with Crippen LogP contribution >= 0.6 is 0 Å². The summed E-state index contributed by atoms with van der Waals surface area (Å²) in [7, 11) is 1.80. The number of nitrogens with one attached hydrogen (secondary N) is 1. The summed E-state index contributed by atoms with van der Waals surface area (Å²) in [5.74, 6) is 1.94. The van der Waals surface area contributed by atoms with Crippen molar-refractivity contribution in [3.63, 3.8) is 0 Å². The number of hydrogen-bond acceptors (Lipinski definition) is 3.